The van der Waals surface area contributed by atoms with Gasteiger partial charge in [0.1, 0.15) is 23.4 Å². The van der Waals surface area contributed by atoms with Gasteiger partial charge in [0.05, 0.1) is 50.8 Å². The van der Waals surface area contributed by atoms with Crippen LogP contribution in [0.5, 0.6) is 0 Å². The second-order valence-electron chi connectivity index (χ2n) is 19.1. The third-order valence-corrected chi connectivity index (χ3v) is 14.5. The third kappa shape index (κ3) is 11.6. The van der Waals surface area contributed by atoms with E-state index >= 15 is 0 Å². The first-order valence-corrected chi connectivity index (χ1v) is 24.5. The molecular weight excluding hydrogens is 971 g/mol. The van der Waals surface area contributed by atoms with E-state index in [1.54, 1.807) is 42.5 Å². The van der Waals surface area contributed by atoms with Crippen molar-refractivity contribution in [3.05, 3.63) is 94.7 Å². The third-order valence-electron chi connectivity index (χ3n) is 14.5. The average molecular weight is 1030 g/mol. The van der Waals surface area contributed by atoms with Crippen LogP contribution in [0.1, 0.15) is 81.7 Å². The number of aromatic amines is 1. The molecule has 4 aromatic rings. The zero-order valence-corrected chi connectivity index (χ0v) is 41.3. The highest BCUT2D eigenvalue weighted by molar-refractivity contribution is 7.59. The number of carbonyl (C=O) groups is 7. The molecule has 5 aliphatic heterocycles. The Morgan fingerprint density at radius 2 is 1.47 bits per heavy atom. The van der Waals surface area contributed by atoms with Gasteiger partial charge in [-0.1, -0.05) is 6.07 Å². The number of aliphatic hydroxyl groups is 1. The average Bonchev–Trinajstić information content (AvgIpc) is 4.02. The van der Waals surface area contributed by atoms with Gasteiger partial charge < -0.3 is 49.6 Å². The Morgan fingerprint density at radius 1 is 0.781 bits per heavy atom. The first kappa shape index (κ1) is 53.0. The molecule has 1 unspecified atom stereocenters. The summed E-state index contributed by atoms with van der Waals surface area (Å²) in [6, 6.07) is 13.6. The monoisotopic (exact) mass is 1030 g/mol. The number of benzene rings is 3. The fraction of sp³-hybridized carbons (Fsp3) is 0.471. The Labute approximate surface area is 426 Å². The van der Waals surface area contributed by atoms with Gasteiger partial charge in [0.2, 0.25) is 17.4 Å². The van der Waals surface area contributed by atoms with Crippen molar-refractivity contribution in [2.45, 2.75) is 63.1 Å². The summed E-state index contributed by atoms with van der Waals surface area (Å²) in [5, 5.41) is 19.6. The van der Waals surface area contributed by atoms with Crippen molar-refractivity contribution in [2.75, 3.05) is 95.7 Å². The lowest BCUT2D eigenvalue weighted by Crippen LogP contribution is -2.54. The smallest absolute Gasteiger partial charge is 0.270 e. The highest BCUT2D eigenvalue weighted by Crippen LogP contribution is 2.42. The van der Waals surface area contributed by atoms with Gasteiger partial charge in [-0.15, -0.1) is 0 Å². The summed E-state index contributed by atoms with van der Waals surface area (Å²) in [7, 11) is 0. The number of carbonyl (C=O) groups excluding carboxylic acids is 7. The molecular formula is C51H60F2N8O11S. The maximum absolute atomic E-state index is 13.7. The minimum atomic E-state index is -2.35. The standard InChI is InChI=1S/C51H58F2N8O11.H2S/c52-34-26-32(27-35(53)30-34)31-55-48(67)51(69)12-18-60(49(51)68)36-4-5-38-33(28-36)29-40(56-38)46(65)59-16-10-50(11-17-59)8-14-58(15-9-50)19-21-71-23-25-72-24-22-70-20-13-54-39-3-1-2-37-43(39)47(66)61(45(37)64)41-6-7-42(62)57-44(41)63;/h1-5,26-30,41,54,56,69H,6-25,31H2,(H,55,67)(H,57,62,63);1H2/t41?,51-;/m0./s1. The molecule has 390 valence electrons. The number of imide groups is 2. The number of hydrogen-bond donors (Lipinski definition) is 5. The SMILES string of the molecule is O=C1CCC(N2C(=O)c3cccc(NCCOCCOCCOCCN4CCC5(CC4)CCN(C(=O)c4cc6cc(N7CC[C@](O)(C(=O)NCc8cc(F)cc(F)c8)C7=O)ccc6[nH]4)CC5)c3C2=O)C(=O)N1.S. The maximum atomic E-state index is 13.7. The van der Waals surface area contributed by atoms with Gasteiger partial charge in [-0.3, -0.25) is 43.8 Å². The molecule has 73 heavy (non-hydrogen) atoms. The molecule has 7 amide bonds. The molecule has 4 fully saturated rings. The molecule has 2 atom stereocenters. The molecule has 6 heterocycles. The van der Waals surface area contributed by atoms with E-state index in [1.165, 1.54) is 4.90 Å². The van der Waals surface area contributed by atoms with E-state index < -0.39 is 58.7 Å². The summed E-state index contributed by atoms with van der Waals surface area (Å²) in [5.74, 6) is -5.70. The van der Waals surface area contributed by atoms with Gasteiger partial charge in [-0.05, 0) is 105 Å². The molecule has 3 aromatic carbocycles. The van der Waals surface area contributed by atoms with Crippen molar-refractivity contribution < 1.29 is 61.7 Å². The van der Waals surface area contributed by atoms with Gasteiger partial charge >= 0.3 is 0 Å². The Kier molecular flexibility index (Phi) is 16.6. The second-order valence-corrected chi connectivity index (χ2v) is 19.1. The number of H-pyrrole nitrogens is 1. The second kappa shape index (κ2) is 22.9. The highest BCUT2D eigenvalue weighted by Gasteiger charge is 2.52. The molecule has 0 saturated carbocycles. The van der Waals surface area contributed by atoms with E-state index in [4.69, 9.17) is 14.2 Å². The predicted molar refractivity (Wildman–Crippen MR) is 266 cm³/mol. The van der Waals surface area contributed by atoms with E-state index in [-0.39, 0.29) is 73.9 Å². The molecule has 19 nitrogen and oxygen atoms in total. The summed E-state index contributed by atoms with van der Waals surface area (Å²) in [4.78, 5) is 100. The zero-order chi connectivity index (χ0) is 50.6. The predicted octanol–water partition coefficient (Wildman–Crippen LogP) is 3.22. The van der Waals surface area contributed by atoms with Crippen LogP contribution in [-0.4, -0.2) is 163 Å². The number of anilines is 2. The van der Waals surface area contributed by atoms with Gasteiger partial charge in [-0.2, -0.15) is 13.5 Å². The Balaban J connectivity index is 0.00000711. The number of fused-ring (bicyclic) bond motifs is 2. The summed E-state index contributed by atoms with van der Waals surface area (Å²) >= 11 is 0. The van der Waals surface area contributed by atoms with E-state index in [9.17, 15) is 47.4 Å². The van der Waals surface area contributed by atoms with Crippen molar-refractivity contribution in [3.63, 3.8) is 0 Å². The number of nitrogens with zero attached hydrogens (tertiary/aromatic N) is 4. The van der Waals surface area contributed by atoms with Gasteiger partial charge in [0.15, 0.2) is 0 Å². The summed E-state index contributed by atoms with van der Waals surface area (Å²) in [6.07, 6.45) is 3.91. The number of aromatic nitrogens is 1. The van der Waals surface area contributed by atoms with Gasteiger partial charge in [0.25, 0.3) is 29.5 Å². The summed E-state index contributed by atoms with van der Waals surface area (Å²) in [6.45, 7) is 6.74. The van der Waals surface area contributed by atoms with Crippen LogP contribution < -0.4 is 20.9 Å². The van der Waals surface area contributed by atoms with Crippen LogP contribution in [0.25, 0.3) is 10.9 Å². The topological polar surface area (TPSA) is 232 Å². The fourth-order valence-electron chi connectivity index (χ4n) is 10.4. The molecule has 9 rings (SSSR count). The van der Waals surface area contributed by atoms with Crippen LogP contribution in [0.15, 0.2) is 60.7 Å². The van der Waals surface area contributed by atoms with Crippen LogP contribution in [0.4, 0.5) is 20.2 Å². The normalized spacial score (nSPS) is 20.9. The van der Waals surface area contributed by atoms with Crippen LogP contribution in [0, 0.1) is 17.0 Å². The molecule has 0 aliphatic carbocycles. The van der Waals surface area contributed by atoms with Crippen LogP contribution >= 0.6 is 13.5 Å². The number of nitrogens with one attached hydrogen (secondary N) is 4. The van der Waals surface area contributed by atoms with E-state index in [0.717, 1.165) is 62.4 Å². The molecule has 0 bridgehead atoms. The number of amides is 7. The fourth-order valence-corrected chi connectivity index (χ4v) is 10.4. The van der Waals surface area contributed by atoms with E-state index in [1.807, 2.05) is 4.90 Å². The number of rotatable bonds is 19. The Bertz CT molecular complexity index is 2740. The van der Waals surface area contributed by atoms with Crippen LogP contribution in [-0.2, 0) is 39.9 Å². The van der Waals surface area contributed by atoms with Crippen molar-refractivity contribution in [2.24, 2.45) is 5.41 Å². The largest absolute Gasteiger partial charge is 0.382 e. The first-order chi connectivity index (χ1) is 34.7. The molecule has 5 N–H and O–H groups in total. The maximum Gasteiger partial charge on any atom is 0.270 e. The van der Waals surface area contributed by atoms with E-state index in [2.05, 4.69) is 25.8 Å². The van der Waals surface area contributed by atoms with Crippen molar-refractivity contribution >= 4 is 77.1 Å². The molecule has 1 spiro atoms. The molecule has 4 saturated heterocycles. The number of likely N-dealkylation sites (tertiary alicyclic amines) is 2. The van der Waals surface area contributed by atoms with Gasteiger partial charge in [-0.25, -0.2) is 8.78 Å². The minimum Gasteiger partial charge on any atom is -0.382 e. The lowest BCUT2D eigenvalue weighted by atomic mass is 9.71. The lowest BCUT2D eigenvalue weighted by Gasteiger charge is -2.46. The summed E-state index contributed by atoms with van der Waals surface area (Å²) < 4.78 is 44.4. The Morgan fingerprint density at radius 3 is 2.18 bits per heavy atom. The number of hydrogen-bond acceptors (Lipinski definition) is 13. The van der Waals surface area contributed by atoms with E-state index in [0.29, 0.717) is 93.3 Å². The Hall–Kier alpha value is -6.30. The van der Waals surface area contributed by atoms with Crippen molar-refractivity contribution in [3.8, 4) is 0 Å². The zero-order valence-electron chi connectivity index (χ0n) is 40.3. The van der Waals surface area contributed by atoms with Gasteiger partial charge in [0, 0.05) is 80.5 Å². The minimum absolute atomic E-state index is 0. The lowest BCUT2D eigenvalue weighted by molar-refractivity contribution is -0.149. The summed E-state index contributed by atoms with van der Waals surface area (Å²) in [5.41, 5.74) is 0.449. The number of halogens is 2. The van der Waals surface area contributed by atoms with Crippen LogP contribution in [0.2, 0.25) is 0 Å². The molecule has 1 aromatic heterocycles. The number of ether oxygens (including phenoxy) is 3. The highest BCUT2D eigenvalue weighted by atomic mass is 32.1. The van der Waals surface area contributed by atoms with Crippen molar-refractivity contribution in [1.29, 1.82) is 0 Å². The number of piperidine rings is 3. The molecule has 5 aliphatic rings. The van der Waals surface area contributed by atoms with Crippen LogP contribution in [0.3, 0.4) is 0 Å². The van der Waals surface area contributed by atoms with Crippen molar-refractivity contribution in [1.82, 2.24) is 30.3 Å². The quantitative estimate of drug-likeness (QED) is 0.0517. The molecule has 0 radical (unpaired) electrons. The molecule has 22 heteroatoms. The first-order valence-electron chi connectivity index (χ1n) is 24.5.